The summed E-state index contributed by atoms with van der Waals surface area (Å²) >= 11 is 5.93. The van der Waals surface area contributed by atoms with Gasteiger partial charge in [0.25, 0.3) is 11.7 Å². The van der Waals surface area contributed by atoms with Gasteiger partial charge >= 0.3 is 0 Å². The Morgan fingerprint density at radius 2 is 1.39 bits per heavy atom. The molecule has 0 aromatic heterocycles. The summed E-state index contributed by atoms with van der Waals surface area (Å²) in [5.74, 6) is -1.61. The average molecular weight is 390 g/mol. The molecule has 28 heavy (non-hydrogen) atoms. The summed E-state index contributed by atoms with van der Waals surface area (Å²) < 4.78 is 0. The van der Waals surface area contributed by atoms with Crippen molar-refractivity contribution < 1.29 is 14.7 Å². The second-order valence-electron chi connectivity index (χ2n) is 6.42. The number of hydrogen-bond acceptors (Lipinski definition) is 3. The molecule has 0 spiro atoms. The third-order valence-electron chi connectivity index (χ3n) is 4.71. The van der Waals surface area contributed by atoms with Crippen molar-refractivity contribution in [1.29, 1.82) is 0 Å². The number of aliphatic hydroxyl groups is 1. The van der Waals surface area contributed by atoms with E-state index in [0.717, 1.165) is 5.56 Å². The van der Waals surface area contributed by atoms with E-state index in [-0.39, 0.29) is 11.3 Å². The molecule has 0 saturated carbocycles. The monoisotopic (exact) mass is 389 g/mol. The third-order valence-corrected chi connectivity index (χ3v) is 4.96. The highest BCUT2D eigenvalue weighted by atomic mass is 35.5. The van der Waals surface area contributed by atoms with Crippen LogP contribution in [0.2, 0.25) is 5.02 Å². The van der Waals surface area contributed by atoms with Crippen LogP contribution in [0.5, 0.6) is 0 Å². The first-order valence-corrected chi connectivity index (χ1v) is 9.12. The number of carbonyl (C=O) groups excluding carboxylic acids is 2. The van der Waals surface area contributed by atoms with E-state index in [4.69, 9.17) is 11.6 Å². The number of hydrogen-bond donors (Lipinski definition) is 1. The molecule has 4 nitrogen and oxygen atoms in total. The lowest BCUT2D eigenvalue weighted by atomic mass is 9.95. The summed E-state index contributed by atoms with van der Waals surface area (Å²) in [7, 11) is 0. The Labute approximate surface area is 167 Å². The molecule has 1 N–H and O–H groups in total. The van der Waals surface area contributed by atoms with Crippen LogP contribution in [0.15, 0.2) is 90.5 Å². The lowest BCUT2D eigenvalue weighted by Gasteiger charge is -2.25. The van der Waals surface area contributed by atoms with Gasteiger partial charge < -0.3 is 5.11 Å². The smallest absolute Gasteiger partial charge is 0.300 e. The molecule has 0 radical (unpaired) electrons. The van der Waals surface area contributed by atoms with Gasteiger partial charge in [0.2, 0.25) is 0 Å². The maximum absolute atomic E-state index is 12.9. The lowest BCUT2D eigenvalue weighted by Crippen LogP contribution is -2.29. The molecule has 0 unspecified atom stereocenters. The van der Waals surface area contributed by atoms with E-state index >= 15 is 0 Å². The molecule has 138 valence electrons. The zero-order valence-electron chi connectivity index (χ0n) is 14.7. The number of benzene rings is 3. The van der Waals surface area contributed by atoms with E-state index in [1.165, 1.54) is 4.90 Å². The fourth-order valence-corrected chi connectivity index (χ4v) is 3.53. The van der Waals surface area contributed by atoms with Gasteiger partial charge in [-0.2, -0.15) is 0 Å². The van der Waals surface area contributed by atoms with Gasteiger partial charge in [0.15, 0.2) is 0 Å². The van der Waals surface area contributed by atoms with E-state index in [1.54, 1.807) is 48.5 Å². The maximum atomic E-state index is 12.9. The van der Waals surface area contributed by atoms with E-state index in [0.29, 0.717) is 16.3 Å². The predicted octanol–water partition coefficient (Wildman–Crippen LogP) is 4.97. The first kappa shape index (κ1) is 18.0. The van der Waals surface area contributed by atoms with Crippen molar-refractivity contribution in [2.75, 3.05) is 4.90 Å². The number of amides is 1. The molecule has 1 aliphatic heterocycles. The van der Waals surface area contributed by atoms with Crippen molar-refractivity contribution in [3.63, 3.8) is 0 Å². The van der Waals surface area contributed by atoms with Crippen LogP contribution >= 0.6 is 11.6 Å². The number of Topliss-reactive ketones (excluding diaryl/α,β-unsaturated/α-hetero) is 1. The fourth-order valence-electron chi connectivity index (χ4n) is 3.40. The normalized spacial score (nSPS) is 18.5. The molecule has 0 aliphatic carbocycles. The predicted molar refractivity (Wildman–Crippen MR) is 109 cm³/mol. The van der Waals surface area contributed by atoms with Crippen LogP contribution in [-0.4, -0.2) is 16.8 Å². The van der Waals surface area contributed by atoms with Gasteiger partial charge in [-0.25, -0.2) is 0 Å². The summed E-state index contributed by atoms with van der Waals surface area (Å²) in [5.41, 5.74) is 1.81. The van der Waals surface area contributed by atoms with Crippen LogP contribution in [0.3, 0.4) is 0 Å². The molecule has 1 aliphatic rings. The van der Waals surface area contributed by atoms with Crippen LogP contribution in [-0.2, 0) is 9.59 Å². The molecule has 0 bridgehead atoms. The van der Waals surface area contributed by atoms with Crippen LogP contribution in [0, 0.1) is 0 Å². The second-order valence-corrected chi connectivity index (χ2v) is 6.86. The van der Waals surface area contributed by atoms with Crippen LogP contribution in [0.1, 0.15) is 17.2 Å². The van der Waals surface area contributed by atoms with Gasteiger partial charge in [-0.3, -0.25) is 14.5 Å². The highest BCUT2D eigenvalue weighted by Gasteiger charge is 2.46. The first-order valence-electron chi connectivity index (χ1n) is 8.75. The zero-order chi connectivity index (χ0) is 19.7. The Kier molecular flexibility index (Phi) is 4.72. The van der Waals surface area contributed by atoms with Gasteiger partial charge in [0.05, 0.1) is 11.6 Å². The fraction of sp³-hybridized carbons (Fsp3) is 0.0435. The Morgan fingerprint density at radius 3 is 2.00 bits per heavy atom. The number of ketones is 1. The molecule has 5 heteroatoms. The van der Waals surface area contributed by atoms with Gasteiger partial charge in [0.1, 0.15) is 5.76 Å². The van der Waals surface area contributed by atoms with Crippen LogP contribution in [0.25, 0.3) is 5.76 Å². The van der Waals surface area contributed by atoms with Gasteiger partial charge in [0, 0.05) is 16.3 Å². The van der Waals surface area contributed by atoms with Crippen LogP contribution in [0.4, 0.5) is 5.69 Å². The van der Waals surface area contributed by atoms with E-state index < -0.39 is 17.7 Å². The highest BCUT2D eigenvalue weighted by molar-refractivity contribution is 6.51. The molecule has 1 heterocycles. The largest absolute Gasteiger partial charge is 0.507 e. The zero-order valence-corrected chi connectivity index (χ0v) is 15.5. The topological polar surface area (TPSA) is 57.6 Å². The van der Waals surface area contributed by atoms with E-state index in [2.05, 4.69) is 0 Å². The summed E-state index contributed by atoms with van der Waals surface area (Å²) in [6.07, 6.45) is 0. The summed E-state index contributed by atoms with van der Waals surface area (Å²) in [4.78, 5) is 27.2. The summed E-state index contributed by atoms with van der Waals surface area (Å²) in [6, 6.07) is 23.9. The molecule has 3 aromatic carbocycles. The molecule has 1 fully saturated rings. The average Bonchev–Trinajstić information content (AvgIpc) is 3.00. The number of anilines is 1. The Hall–Kier alpha value is -3.37. The quantitative estimate of drug-likeness (QED) is 0.391. The highest BCUT2D eigenvalue weighted by Crippen LogP contribution is 2.41. The van der Waals surface area contributed by atoms with Crippen molar-refractivity contribution in [2.24, 2.45) is 0 Å². The molecule has 4 rings (SSSR count). The minimum absolute atomic E-state index is 0.0578. The lowest BCUT2D eigenvalue weighted by molar-refractivity contribution is -0.132. The van der Waals surface area contributed by atoms with Gasteiger partial charge in [-0.1, -0.05) is 60.1 Å². The Morgan fingerprint density at radius 1 is 0.821 bits per heavy atom. The maximum Gasteiger partial charge on any atom is 0.300 e. The Bertz CT molecular complexity index is 1060. The molecular weight excluding hydrogens is 374 g/mol. The molecule has 1 saturated heterocycles. The minimum atomic E-state index is -0.723. The van der Waals surface area contributed by atoms with Gasteiger partial charge in [-0.05, 0) is 42.0 Å². The molecule has 3 aromatic rings. The molecular formula is C23H16ClNO3. The van der Waals surface area contributed by atoms with Crippen LogP contribution < -0.4 is 4.90 Å². The number of aliphatic hydroxyl groups excluding tert-OH is 1. The van der Waals surface area contributed by atoms with Crippen molar-refractivity contribution in [1.82, 2.24) is 0 Å². The number of halogens is 1. The molecule has 1 atom stereocenters. The van der Waals surface area contributed by atoms with Crippen molar-refractivity contribution >= 4 is 34.7 Å². The first-order chi connectivity index (χ1) is 13.6. The van der Waals surface area contributed by atoms with Crippen molar-refractivity contribution in [3.05, 3.63) is 107 Å². The molecule has 1 amide bonds. The minimum Gasteiger partial charge on any atom is -0.507 e. The SMILES string of the molecule is O=C1C(=O)N(c2ccccc2)[C@@H](c2ccccc2)/C1=C(\O)c1ccc(Cl)cc1. The third kappa shape index (κ3) is 3.08. The van der Waals surface area contributed by atoms with E-state index in [9.17, 15) is 14.7 Å². The standard InChI is InChI=1S/C23H16ClNO3/c24-17-13-11-16(12-14-17)21(26)19-20(15-7-3-1-4-8-15)25(23(28)22(19)27)18-9-5-2-6-10-18/h1-14,20,26H/b21-19+/t20-/m0/s1. The number of rotatable bonds is 3. The van der Waals surface area contributed by atoms with E-state index in [1.807, 2.05) is 36.4 Å². The van der Waals surface area contributed by atoms with Crippen molar-refractivity contribution in [2.45, 2.75) is 6.04 Å². The number of para-hydroxylation sites is 1. The van der Waals surface area contributed by atoms with Crippen molar-refractivity contribution in [3.8, 4) is 0 Å². The number of nitrogens with zero attached hydrogens (tertiary/aromatic N) is 1. The van der Waals surface area contributed by atoms with Gasteiger partial charge in [-0.15, -0.1) is 0 Å². The Balaban J connectivity index is 1.94. The number of carbonyl (C=O) groups is 2. The summed E-state index contributed by atoms with van der Waals surface area (Å²) in [6.45, 7) is 0. The summed E-state index contributed by atoms with van der Waals surface area (Å²) in [5, 5.41) is 11.4. The second kappa shape index (κ2) is 7.33.